The first-order chi connectivity index (χ1) is 17.7. The van der Waals surface area contributed by atoms with Crippen molar-refractivity contribution >= 4 is 23.4 Å². The van der Waals surface area contributed by atoms with E-state index in [2.05, 4.69) is 29.6 Å². The van der Waals surface area contributed by atoms with Crippen molar-refractivity contribution < 1.29 is 14.3 Å². The highest BCUT2D eigenvalue weighted by atomic mass is 16.6. The summed E-state index contributed by atoms with van der Waals surface area (Å²) in [6.07, 6.45) is 0.149. The molecule has 2 amide bonds. The Morgan fingerprint density at radius 3 is 2.46 bits per heavy atom. The number of likely N-dealkylation sites (tertiary alicyclic amines) is 1. The second kappa shape index (κ2) is 9.58. The fraction of sp³-hybridized carbons (Fsp3) is 0.355. The van der Waals surface area contributed by atoms with Crippen molar-refractivity contribution in [2.45, 2.75) is 64.3 Å². The van der Waals surface area contributed by atoms with Crippen LogP contribution in [-0.2, 0) is 21.5 Å². The Kier molecular flexibility index (Phi) is 6.44. The predicted molar refractivity (Wildman–Crippen MR) is 147 cm³/mol. The Morgan fingerprint density at radius 2 is 1.76 bits per heavy atom. The standard InChI is InChI=1S/C31H35N3O3/c1-22-11-10-14-24(19-22)32-28-31(17-18-33(27(35)20-31)21-23-12-6-5-7-13-23)25-15-8-9-16-26(25)34(28)29(36)37-30(2,3)4/h5-16,19,28,32H,17-18,20-21H2,1-4H3. The van der Waals surface area contributed by atoms with Crippen LogP contribution in [0, 0.1) is 6.92 Å². The first kappa shape index (κ1) is 24.9. The molecule has 1 N–H and O–H groups in total. The van der Waals surface area contributed by atoms with Crippen molar-refractivity contribution in [3.8, 4) is 0 Å². The first-order valence-electron chi connectivity index (χ1n) is 12.9. The van der Waals surface area contributed by atoms with Gasteiger partial charge in [-0.2, -0.15) is 0 Å². The maximum absolute atomic E-state index is 13.7. The number of ether oxygens (including phenoxy) is 1. The number of amides is 2. The van der Waals surface area contributed by atoms with Gasteiger partial charge in [-0.1, -0.05) is 60.7 Å². The Bertz CT molecular complexity index is 1300. The number of hydrogen-bond acceptors (Lipinski definition) is 4. The molecule has 3 aromatic rings. The van der Waals surface area contributed by atoms with E-state index in [9.17, 15) is 9.59 Å². The molecule has 0 saturated carbocycles. The van der Waals surface area contributed by atoms with Crippen LogP contribution in [0.2, 0.25) is 0 Å². The number of hydrogen-bond donors (Lipinski definition) is 1. The molecule has 3 aromatic carbocycles. The Morgan fingerprint density at radius 1 is 1.03 bits per heavy atom. The van der Waals surface area contributed by atoms with Crippen LogP contribution < -0.4 is 10.2 Å². The minimum absolute atomic E-state index is 0.0898. The fourth-order valence-corrected chi connectivity index (χ4v) is 5.61. The van der Waals surface area contributed by atoms with Crippen LogP contribution in [0.25, 0.3) is 0 Å². The van der Waals surface area contributed by atoms with E-state index < -0.39 is 23.3 Å². The van der Waals surface area contributed by atoms with Gasteiger partial charge in [0, 0.05) is 30.6 Å². The maximum atomic E-state index is 13.7. The molecule has 1 spiro atoms. The van der Waals surface area contributed by atoms with Gasteiger partial charge in [0.15, 0.2) is 0 Å². The van der Waals surface area contributed by atoms with Crippen LogP contribution in [0.4, 0.5) is 16.2 Å². The molecule has 2 heterocycles. The summed E-state index contributed by atoms with van der Waals surface area (Å²) in [5, 5.41) is 3.65. The molecule has 192 valence electrons. The zero-order chi connectivity index (χ0) is 26.2. The van der Waals surface area contributed by atoms with Crippen molar-refractivity contribution in [3.05, 3.63) is 95.6 Å². The number of carbonyl (C=O) groups is 2. The molecule has 37 heavy (non-hydrogen) atoms. The van der Waals surface area contributed by atoms with Gasteiger partial charge in [-0.25, -0.2) is 4.79 Å². The van der Waals surface area contributed by atoms with Crippen LogP contribution >= 0.6 is 0 Å². The number of para-hydroxylation sites is 1. The molecule has 0 bridgehead atoms. The number of carbonyl (C=O) groups excluding carboxylic acids is 2. The molecule has 6 nitrogen and oxygen atoms in total. The Labute approximate surface area is 219 Å². The molecule has 0 aliphatic carbocycles. The van der Waals surface area contributed by atoms with E-state index in [1.54, 1.807) is 4.90 Å². The van der Waals surface area contributed by atoms with Crippen LogP contribution in [-0.4, -0.2) is 35.2 Å². The monoisotopic (exact) mass is 497 g/mol. The highest BCUT2D eigenvalue weighted by Gasteiger charge is 2.56. The second-order valence-electron chi connectivity index (χ2n) is 11.2. The van der Waals surface area contributed by atoms with Gasteiger partial charge in [0.1, 0.15) is 11.8 Å². The molecular weight excluding hydrogens is 462 g/mol. The van der Waals surface area contributed by atoms with E-state index >= 15 is 0 Å². The van der Waals surface area contributed by atoms with E-state index in [1.807, 2.05) is 87.2 Å². The van der Waals surface area contributed by atoms with Crippen molar-refractivity contribution in [3.63, 3.8) is 0 Å². The van der Waals surface area contributed by atoms with Gasteiger partial charge < -0.3 is 15.0 Å². The number of anilines is 2. The largest absolute Gasteiger partial charge is 0.443 e. The highest BCUT2D eigenvalue weighted by molar-refractivity contribution is 5.95. The average Bonchev–Trinajstić information content (AvgIpc) is 3.10. The van der Waals surface area contributed by atoms with E-state index in [4.69, 9.17) is 4.74 Å². The number of benzene rings is 3. The lowest BCUT2D eigenvalue weighted by molar-refractivity contribution is -0.136. The zero-order valence-electron chi connectivity index (χ0n) is 22.0. The minimum Gasteiger partial charge on any atom is -0.443 e. The summed E-state index contributed by atoms with van der Waals surface area (Å²) in [5.74, 6) is 0.0898. The molecular formula is C31H35N3O3. The maximum Gasteiger partial charge on any atom is 0.416 e. The molecule has 1 saturated heterocycles. The summed E-state index contributed by atoms with van der Waals surface area (Å²) in [7, 11) is 0. The van der Waals surface area contributed by atoms with Gasteiger partial charge in [0.2, 0.25) is 5.91 Å². The zero-order valence-corrected chi connectivity index (χ0v) is 22.0. The van der Waals surface area contributed by atoms with Gasteiger partial charge >= 0.3 is 6.09 Å². The molecule has 2 aliphatic rings. The molecule has 6 heteroatoms. The van der Waals surface area contributed by atoms with Gasteiger partial charge in [-0.15, -0.1) is 0 Å². The van der Waals surface area contributed by atoms with Gasteiger partial charge in [-0.3, -0.25) is 9.69 Å². The van der Waals surface area contributed by atoms with Crippen molar-refractivity contribution in [1.29, 1.82) is 0 Å². The van der Waals surface area contributed by atoms with Crippen molar-refractivity contribution in [2.24, 2.45) is 0 Å². The van der Waals surface area contributed by atoms with Crippen LogP contribution in [0.3, 0.4) is 0 Å². The smallest absolute Gasteiger partial charge is 0.416 e. The van der Waals surface area contributed by atoms with Gasteiger partial charge in [-0.05, 0) is 69.0 Å². The van der Waals surface area contributed by atoms with E-state index in [0.717, 1.165) is 34.5 Å². The summed E-state index contributed by atoms with van der Waals surface area (Å²) in [6, 6.07) is 26.1. The molecule has 5 rings (SSSR count). The first-order valence-corrected chi connectivity index (χ1v) is 12.9. The quantitative estimate of drug-likeness (QED) is 0.463. The van der Waals surface area contributed by atoms with Crippen molar-refractivity contribution in [1.82, 2.24) is 4.90 Å². The molecule has 2 aliphatic heterocycles. The van der Waals surface area contributed by atoms with Crippen LogP contribution in [0.1, 0.15) is 50.3 Å². The molecule has 2 unspecified atom stereocenters. The van der Waals surface area contributed by atoms with Gasteiger partial charge in [0.25, 0.3) is 0 Å². The predicted octanol–water partition coefficient (Wildman–Crippen LogP) is 6.25. The summed E-state index contributed by atoms with van der Waals surface area (Å²) in [4.78, 5) is 31.0. The highest BCUT2D eigenvalue weighted by Crippen LogP contribution is 2.52. The van der Waals surface area contributed by atoms with E-state index in [-0.39, 0.29) is 5.91 Å². The Hall–Kier alpha value is -3.80. The molecule has 0 radical (unpaired) electrons. The third-order valence-corrected chi connectivity index (χ3v) is 7.26. The number of fused-ring (bicyclic) bond motifs is 2. The van der Waals surface area contributed by atoms with E-state index in [1.165, 1.54) is 0 Å². The third-order valence-electron chi connectivity index (χ3n) is 7.26. The molecule has 1 fully saturated rings. The molecule has 0 aromatic heterocycles. The van der Waals surface area contributed by atoms with Crippen LogP contribution in [0.5, 0.6) is 0 Å². The lowest BCUT2D eigenvalue weighted by Crippen LogP contribution is -2.58. The normalized spacial score (nSPS) is 21.2. The minimum atomic E-state index is -0.648. The van der Waals surface area contributed by atoms with Crippen LogP contribution in [0.15, 0.2) is 78.9 Å². The van der Waals surface area contributed by atoms with E-state index in [0.29, 0.717) is 19.5 Å². The summed E-state index contributed by atoms with van der Waals surface area (Å²) in [5.41, 5.74) is 3.72. The number of rotatable bonds is 4. The third kappa shape index (κ3) is 4.93. The number of nitrogens with zero attached hydrogens (tertiary/aromatic N) is 2. The summed E-state index contributed by atoms with van der Waals surface area (Å²) in [6.45, 7) is 8.85. The molecule has 2 atom stereocenters. The summed E-state index contributed by atoms with van der Waals surface area (Å²) < 4.78 is 5.88. The number of nitrogens with one attached hydrogen (secondary N) is 1. The lowest BCUT2D eigenvalue weighted by Gasteiger charge is -2.44. The topological polar surface area (TPSA) is 61.9 Å². The number of aryl methyl sites for hydroxylation is 1. The van der Waals surface area contributed by atoms with Crippen molar-refractivity contribution in [2.75, 3.05) is 16.8 Å². The SMILES string of the molecule is Cc1cccc(NC2N(C(=O)OC(C)(C)C)c3ccccc3C23CCN(Cc2ccccc2)C(=O)C3)c1. The summed E-state index contributed by atoms with van der Waals surface area (Å²) >= 11 is 0. The average molecular weight is 498 g/mol. The number of piperidine rings is 1. The fourth-order valence-electron chi connectivity index (χ4n) is 5.61. The Balaban J connectivity index is 1.54. The van der Waals surface area contributed by atoms with Gasteiger partial charge in [0.05, 0.1) is 5.69 Å². The lowest BCUT2D eigenvalue weighted by atomic mass is 9.71. The second-order valence-corrected chi connectivity index (χ2v) is 11.2.